The van der Waals surface area contributed by atoms with Crippen LogP contribution in [0.1, 0.15) is 5.56 Å². The normalized spacial score (nSPS) is 10.9. The summed E-state index contributed by atoms with van der Waals surface area (Å²) in [6, 6.07) is 17.3. The number of rotatable bonds is 3. The molecular formula is C17H13N3O. The van der Waals surface area contributed by atoms with Crippen molar-refractivity contribution < 1.29 is 4.79 Å². The lowest BCUT2D eigenvalue weighted by Gasteiger charge is -2.02. The molecule has 0 fully saturated rings. The molecule has 4 heteroatoms. The summed E-state index contributed by atoms with van der Waals surface area (Å²) >= 11 is 0. The molecule has 2 aromatic carbocycles. The Bertz CT molecular complexity index is 797. The quantitative estimate of drug-likeness (QED) is 0.746. The van der Waals surface area contributed by atoms with Crippen molar-refractivity contribution in [2.75, 3.05) is 5.32 Å². The minimum Gasteiger partial charge on any atom is -0.291 e. The number of para-hydroxylation sites is 1. The number of carbonyl (C=O) groups excluding carboxylic acids is 1. The SMILES string of the molecule is O=C(C=Cc1ccccc1)Nc1ncc2ccccc2n1. The molecule has 1 aromatic heterocycles. The Balaban J connectivity index is 1.73. The third kappa shape index (κ3) is 3.30. The van der Waals surface area contributed by atoms with E-state index in [0.717, 1.165) is 16.5 Å². The Morgan fingerprint density at radius 3 is 2.62 bits per heavy atom. The zero-order valence-electron chi connectivity index (χ0n) is 11.2. The number of fused-ring (bicyclic) bond motifs is 1. The summed E-state index contributed by atoms with van der Waals surface area (Å²) in [6.07, 6.45) is 4.91. The molecular weight excluding hydrogens is 262 g/mol. The van der Waals surface area contributed by atoms with Crippen LogP contribution in [0.25, 0.3) is 17.0 Å². The van der Waals surface area contributed by atoms with Gasteiger partial charge in [-0.25, -0.2) is 9.97 Å². The Labute approximate surface area is 122 Å². The van der Waals surface area contributed by atoms with Crippen molar-refractivity contribution in [2.24, 2.45) is 0 Å². The van der Waals surface area contributed by atoms with Crippen molar-refractivity contribution in [3.8, 4) is 0 Å². The van der Waals surface area contributed by atoms with Crippen molar-refractivity contribution in [3.63, 3.8) is 0 Å². The number of hydrogen-bond donors (Lipinski definition) is 1. The fourth-order valence-electron chi connectivity index (χ4n) is 1.92. The van der Waals surface area contributed by atoms with Crippen LogP contribution >= 0.6 is 0 Å². The van der Waals surface area contributed by atoms with Gasteiger partial charge in [0.15, 0.2) is 0 Å². The predicted octanol–water partition coefficient (Wildman–Crippen LogP) is 3.28. The summed E-state index contributed by atoms with van der Waals surface area (Å²) in [5.41, 5.74) is 1.77. The van der Waals surface area contributed by atoms with Crippen LogP contribution in [0.4, 0.5) is 5.95 Å². The molecule has 0 bridgehead atoms. The van der Waals surface area contributed by atoms with Crippen molar-refractivity contribution >= 4 is 28.8 Å². The number of carbonyl (C=O) groups is 1. The first-order chi connectivity index (χ1) is 10.3. The molecule has 102 valence electrons. The van der Waals surface area contributed by atoms with E-state index >= 15 is 0 Å². The van der Waals surface area contributed by atoms with Gasteiger partial charge in [-0.1, -0.05) is 48.5 Å². The van der Waals surface area contributed by atoms with E-state index in [9.17, 15) is 4.79 Å². The lowest BCUT2D eigenvalue weighted by molar-refractivity contribution is -0.111. The van der Waals surface area contributed by atoms with Gasteiger partial charge in [0, 0.05) is 17.7 Å². The van der Waals surface area contributed by atoms with E-state index in [1.54, 1.807) is 12.3 Å². The zero-order chi connectivity index (χ0) is 14.5. The summed E-state index contributed by atoms with van der Waals surface area (Å²) in [4.78, 5) is 20.3. The largest absolute Gasteiger partial charge is 0.291 e. The van der Waals surface area contributed by atoms with Gasteiger partial charge in [-0.2, -0.15) is 0 Å². The van der Waals surface area contributed by atoms with E-state index < -0.39 is 0 Å². The summed E-state index contributed by atoms with van der Waals surface area (Å²) in [7, 11) is 0. The van der Waals surface area contributed by atoms with E-state index in [-0.39, 0.29) is 5.91 Å². The lowest BCUT2D eigenvalue weighted by atomic mass is 10.2. The van der Waals surface area contributed by atoms with Crippen molar-refractivity contribution in [3.05, 3.63) is 72.4 Å². The van der Waals surface area contributed by atoms with Gasteiger partial charge >= 0.3 is 0 Å². The number of aromatic nitrogens is 2. The minimum atomic E-state index is -0.255. The highest BCUT2D eigenvalue weighted by molar-refractivity contribution is 6.01. The molecule has 0 saturated carbocycles. The van der Waals surface area contributed by atoms with Crippen LogP contribution in [-0.4, -0.2) is 15.9 Å². The Kier molecular flexibility index (Phi) is 3.69. The summed E-state index contributed by atoms with van der Waals surface area (Å²) < 4.78 is 0. The van der Waals surface area contributed by atoms with Crippen LogP contribution < -0.4 is 5.32 Å². The molecule has 0 aliphatic carbocycles. The smallest absolute Gasteiger partial charge is 0.250 e. The van der Waals surface area contributed by atoms with E-state index in [4.69, 9.17) is 0 Å². The Morgan fingerprint density at radius 2 is 1.76 bits per heavy atom. The molecule has 0 aliphatic heterocycles. The highest BCUT2D eigenvalue weighted by atomic mass is 16.1. The zero-order valence-corrected chi connectivity index (χ0v) is 11.2. The van der Waals surface area contributed by atoms with Crippen molar-refractivity contribution in [1.82, 2.24) is 9.97 Å². The van der Waals surface area contributed by atoms with Gasteiger partial charge in [-0.15, -0.1) is 0 Å². The van der Waals surface area contributed by atoms with Gasteiger partial charge in [0.05, 0.1) is 5.52 Å². The van der Waals surface area contributed by atoms with Crippen molar-refractivity contribution in [2.45, 2.75) is 0 Å². The van der Waals surface area contributed by atoms with Crippen LogP contribution in [0.3, 0.4) is 0 Å². The number of nitrogens with one attached hydrogen (secondary N) is 1. The molecule has 4 nitrogen and oxygen atoms in total. The summed E-state index contributed by atoms with van der Waals surface area (Å²) in [5, 5.41) is 3.60. The molecule has 0 aliphatic rings. The molecule has 3 aromatic rings. The second-order valence-corrected chi connectivity index (χ2v) is 4.49. The Hall–Kier alpha value is -3.01. The number of benzene rings is 2. The molecule has 1 heterocycles. The number of nitrogens with zero attached hydrogens (tertiary/aromatic N) is 2. The van der Waals surface area contributed by atoms with Crippen LogP contribution in [0.2, 0.25) is 0 Å². The van der Waals surface area contributed by atoms with Gasteiger partial charge in [0.2, 0.25) is 5.95 Å². The number of anilines is 1. The van der Waals surface area contributed by atoms with E-state index in [1.807, 2.05) is 54.6 Å². The maximum Gasteiger partial charge on any atom is 0.250 e. The second kappa shape index (κ2) is 5.96. The van der Waals surface area contributed by atoms with E-state index in [1.165, 1.54) is 6.08 Å². The minimum absolute atomic E-state index is 0.255. The van der Waals surface area contributed by atoms with Crippen LogP contribution in [0, 0.1) is 0 Å². The lowest BCUT2D eigenvalue weighted by Crippen LogP contribution is -2.10. The monoisotopic (exact) mass is 275 g/mol. The summed E-state index contributed by atoms with van der Waals surface area (Å²) in [5.74, 6) is 0.0468. The molecule has 0 atom stereocenters. The maximum atomic E-state index is 11.8. The van der Waals surface area contributed by atoms with Crippen LogP contribution in [0.5, 0.6) is 0 Å². The third-order valence-electron chi connectivity index (χ3n) is 2.95. The first-order valence-corrected chi connectivity index (χ1v) is 6.57. The third-order valence-corrected chi connectivity index (χ3v) is 2.95. The Morgan fingerprint density at radius 1 is 1.00 bits per heavy atom. The maximum absolute atomic E-state index is 11.8. The molecule has 3 rings (SSSR count). The van der Waals surface area contributed by atoms with Crippen LogP contribution in [0.15, 0.2) is 66.9 Å². The topological polar surface area (TPSA) is 54.9 Å². The van der Waals surface area contributed by atoms with Gasteiger partial charge in [-0.05, 0) is 17.7 Å². The second-order valence-electron chi connectivity index (χ2n) is 4.49. The highest BCUT2D eigenvalue weighted by Crippen LogP contribution is 2.11. The molecule has 0 saturated heterocycles. The molecule has 0 unspecified atom stereocenters. The molecule has 21 heavy (non-hydrogen) atoms. The van der Waals surface area contributed by atoms with Gasteiger partial charge in [-0.3, -0.25) is 10.1 Å². The van der Waals surface area contributed by atoms with E-state index in [0.29, 0.717) is 5.95 Å². The molecule has 0 spiro atoms. The number of amides is 1. The molecule has 1 N–H and O–H groups in total. The van der Waals surface area contributed by atoms with Gasteiger partial charge in [0.1, 0.15) is 0 Å². The fraction of sp³-hybridized carbons (Fsp3) is 0. The first kappa shape index (κ1) is 13.0. The highest BCUT2D eigenvalue weighted by Gasteiger charge is 2.02. The van der Waals surface area contributed by atoms with Crippen molar-refractivity contribution in [1.29, 1.82) is 0 Å². The first-order valence-electron chi connectivity index (χ1n) is 6.57. The molecule has 0 radical (unpaired) electrons. The molecule has 1 amide bonds. The standard InChI is InChI=1S/C17H13N3O/c21-16(11-10-13-6-2-1-3-7-13)20-17-18-12-14-8-4-5-9-15(14)19-17/h1-12H,(H,18,19,20,21). The summed E-state index contributed by atoms with van der Waals surface area (Å²) in [6.45, 7) is 0. The average molecular weight is 275 g/mol. The fourth-order valence-corrected chi connectivity index (χ4v) is 1.92. The average Bonchev–Trinajstić information content (AvgIpc) is 2.54. The van der Waals surface area contributed by atoms with Crippen LogP contribution in [-0.2, 0) is 4.79 Å². The van der Waals surface area contributed by atoms with E-state index in [2.05, 4.69) is 15.3 Å². The number of hydrogen-bond acceptors (Lipinski definition) is 3. The predicted molar refractivity (Wildman–Crippen MR) is 83.6 cm³/mol. The van der Waals surface area contributed by atoms with Gasteiger partial charge < -0.3 is 0 Å². The van der Waals surface area contributed by atoms with Gasteiger partial charge in [0.25, 0.3) is 5.91 Å².